The zero-order valence-electron chi connectivity index (χ0n) is 15.0. The van der Waals surface area contributed by atoms with Crippen molar-refractivity contribution in [3.8, 4) is 0 Å². The second-order valence-corrected chi connectivity index (χ2v) is 7.33. The SMILES string of the molecule is O=S(=O)([O-])CC(F)(F)C(F)(F)C(F)(F)C(F)(F)C(F)(F)C(F)(F)C(F)(F)C(F)(F)C(F)(F)F.[K+]. The molecule has 0 aromatic heterocycles. The third kappa shape index (κ3) is 5.13. The first-order valence-electron chi connectivity index (χ1n) is 6.73. The molecule has 0 unspecified atom stereocenters. The van der Waals surface area contributed by atoms with Crippen LogP contribution in [-0.2, 0) is 10.1 Å². The summed E-state index contributed by atoms with van der Waals surface area (Å²) in [6.45, 7) is 0. The van der Waals surface area contributed by atoms with Crippen LogP contribution in [-0.4, -0.2) is 72.3 Å². The van der Waals surface area contributed by atoms with Crippen molar-refractivity contribution >= 4 is 10.1 Å². The zero-order chi connectivity index (χ0) is 27.7. The zero-order valence-corrected chi connectivity index (χ0v) is 19.0. The van der Waals surface area contributed by atoms with E-state index in [0.29, 0.717) is 0 Å². The Morgan fingerprint density at radius 1 is 0.441 bits per heavy atom. The molecule has 0 bridgehead atoms. The molecule has 0 aliphatic heterocycles. The predicted molar refractivity (Wildman–Crippen MR) is 60.2 cm³/mol. The van der Waals surface area contributed by atoms with Gasteiger partial charge in [0.25, 0.3) is 0 Å². The molecular weight excluding hydrogens is 600 g/mol. The van der Waals surface area contributed by atoms with Gasteiger partial charge in [-0.15, -0.1) is 0 Å². The maximum Gasteiger partial charge on any atom is 1.00 e. The minimum Gasteiger partial charge on any atom is -0.748 e. The molecule has 0 atom stereocenters. The van der Waals surface area contributed by atoms with E-state index < -0.39 is 69.4 Å². The van der Waals surface area contributed by atoms with Gasteiger partial charge in [0.2, 0.25) is 0 Å². The fourth-order valence-corrected chi connectivity index (χ4v) is 2.33. The third-order valence-electron chi connectivity index (χ3n) is 3.54. The molecule has 0 saturated heterocycles. The Morgan fingerprint density at radius 3 is 0.853 bits per heavy atom. The van der Waals surface area contributed by atoms with E-state index in [4.69, 9.17) is 0 Å². The maximum atomic E-state index is 13.3. The van der Waals surface area contributed by atoms with Crippen molar-refractivity contribution in [1.82, 2.24) is 0 Å². The van der Waals surface area contributed by atoms with Crippen molar-refractivity contribution in [2.75, 3.05) is 5.75 Å². The number of halogens is 19. The van der Waals surface area contributed by atoms with Crippen LogP contribution in [0.2, 0.25) is 0 Å². The van der Waals surface area contributed by atoms with Crippen LogP contribution in [0.15, 0.2) is 0 Å². The summed E-state index contributed by atoms with van der Waals surface area (Å²) in [5, 5.41) is 0. The molecule has 0 aromatic carbocycles. The van der Waals surface area contributed by atoms with E-state index in [-0.39, 0.29) is 51.4 Å². The van der Waals surface area contributed by atoms with Gasteiger partial charge in [0.1, 0.15) is 15.9 Å². The van der Waals surface area contributed by atoms with E-state index >= 15 is 0 Å². The van der Waals surface area contributed by atoms with Gasteiger partial charge in [-0.3, -0.25) is 0 Å². The van der Waals surface area contributed by atoms with E-state index in [1.165, 1.54) is 0 Å². The molecule has 0 aliphatic rings. The van der Waals surface area contributed by atoms with Gasteiger partial charge < -0.3 is 4.55 Å². The summed E-state index contributed by atoms with van der Waals surface area (Å²) in [7, 11) is -6.83. The van der Waals surface area contributed by atoms with Crippen LogP contribution < -0.4 is 51.4 Å². The maximum absolute atomic E-state index is 13.3. The molecule has 200 valence electrons. The van der Waals surface area contributed by atoms with E-state index in [2.05, 4.69) is 0 Å². The Morgan fingerprint density at radius 2 is 0.647 bits per heavy atom. The quantitative estimate of drug-likeness (QED) is 0.231. The minimum atomic E-state index is -9.10. The molecular formula is C10H2F19KO3S. The first-order chi connectivity index (χ1) is 13.7. The molecule has 0 amide bonds. The van der Waals surface area contributed by atoms with Gasteiger partial charge in [0.05, 0.1) is 0 Å². The topological polar surface area (TPSA) is 57.2 Å². The van der Waals surface area contributed by atoms with Crippen molar-refractivity contribution in [3.05, 3.63) is 0 Å². The van der Waals surface area contributed by atoms with Gasteiger partial charge in [-0.1, -0.05) is 0 Å². The standard InChI is InChI=1S/C10H3F19O3S.K/c11-2(12,1-33(30,31)32)3(13,14)4(15,16)5(17,18)6(19,20)7(21,22)8(23,24)9(25,26)10(27,28)29;/h1H2,(H,30,31,32);/q;+1/p-1. The first-order valence-corrected chi connectivity index (χ1v) is 8.31. The number of hydrogen-bond donors (Lipinski definition) is 0. The van der Waals surface area contributed by atoms with Gasteiger partial charge >= 0.3 is 105 Å². The van der Waals surface area contributed by atoms with Crippen LogP contribution in [0.25, 0.3) is 0 Å². The second-order valence-electron chi connectivity index (χ2n) is 5.92. The molecule has 0 heterocycles. The summed E-state index contributed by atoms with van der Waals surface area (Å²) in [5.74, 6) is -73.0. The largest absolute Gasteiger partial charge is 1.00 e. The van der Waals surface area contributed by atoms with Crippen molar-refractivity contribution in [1.29, 1.82) is 0 Å². The van der Waals surface area contributed by atoms with Crippen molar-refractivity contribution in [2.45, 2.75) is 53.6 Å². The fraction of sp³-hybridized carbons (Fsp3) is 1.00. The predicted octanol–water partition coefficient (Wildman–Crippen LogP) is 2.18. The molecule has 0 radical (unpaired) electrons. The molecule has 34 heavy (non-hydrogen) atoms. The summed E-state index contributed by atoms with van der Waals surface area (Å²) in [4.78, 5) is 0. The molecule has 3 nitrogen and oxygen atoms in total. The van der Waals surface area contributed by atoms with Crippen LogP contribution in [0.3, 0.4) is 0 Å². The summed E-state index contributed by atoms with van der Waals surface area (Å²) in [5.41, 5.74) is 0. The molecule has 0 N–H and O–H groups in total. The van der Waals surface area contributed by atoms with E-state index in [0.717, 1.165) is 0 Å². The van der Waals surface area contributed by atoms with Gasteiger partial charge in [-0.2, -0.15) is 83.4 Å². The van der Waals surface area contributed by atoms with Crippen molar-refractivity contribution in [2.24, 2.45) is 0 Å². The summed E-state index contributed by atoms with van der Waals surface area (Å²) in [6.07, 6.45) is -7.98. The molecule has 0 spiro atoms. The van der Waals surface area contributed by atoms with Crippen molar-refractivity contribution in [3.63, 3.8) is 0 Å². The second kappa shape index (κ2) is 9.20. The average Bonchev–Trinajstić information content (AvgIpc) is 2.49. The summed E-state index contributed by atoms with van der Waals surface area (Å²) < 4.78 is 274. The van der Waals surface area contributed by atoms with Gasteiger partial charge in [0, 0.05) is 0 Å². The van der Waals surface area contributed by atoms with E-state index in [9.17, 15) is 96.4 Å². The molecule has 0 aliphatic carbocycles. The minimum absolute atomic E-state index is 0. The van der Waals surface area contributed by atoms with Crippen LogP contribution >= 0.6 is 0 Å². The van der Waals surface area contributed by atoms with Crippen LogP contribution in [0.1, 0.15) is 0 Å². The van der Waals surface area contributed by atoms with Crippen LogP contribution in [0.5, 0.6) is 0 Å². The third-order valence-corrected chi connectivity index (χ3v) is 4.26. The Balaban J connectivity index is 0. The molecule has 0 saturated carbocycles. The fourth-order valence-electron chi connectivity index (χ4n) is 1.71. The van der Waals surface area contributed by atoms with Crippen molar-refractivity contribution < 1.29 is 148 Å². The Bertz CT molecular complexity index is 845. The van der Waals surface area contributed by atoms with Gasteiger partial charge in [-0.05, 0) is 0 Å². The Labute approximate surface area is 216 Å². The van der Waals surface area contributed by atoms with Crippen LogP contribution in [0, 0.1) is 0 Å². The number of hydrogen-bond acceptors (Lipinski definition) is 3. The van der Waals surface area contributed by atoms with E-state index in [1.54, 1.807) is 0 Å². The first kappa shape index (κ1) is 36.4. The Hall–Kier alpha value is 0.216. The smallest absolute Gasteiger partial charge is 0.748 e. The molecule has 0 rings (SSSR count). The molecule has 0 aromatic rings. The summed E-state index contributed by atoms with van der Waals surface area (Å²) in [6, 6.07) is 0. The van der Waals surface area contributed by atoms with Crippen LogP contribution in [0.4, 0.5) is 83.4 Å². The normalized spacial score (nSPS) is 16.4. The van der Waals surface area contributed by atoms with Gasteiger partial charge in [0.15, 0.2) is 0 Å². The summed E-state index contributed by atoms with van der Waals surface area (Å²) >= 11 is 0. The Kier molecular flexibility index (Phi) is 9.84. The molecule has 0 fully saturated rings. The number of rotatable bonds is 9. The average molecular weight is 602 g/mol. The monoisotopic (exact) mass is 602 g/mol. The number of alkyl halides is 19. The molecule has 24 heteroatoms. The van der Waals surface area contributed by atoms with Gasteiger partial charge in [-0.25, -0.2) is 8.42 Å². The van der Waals surface area contributed by atoms with E-state index in [1.807, 2.05) is 0 Å².